The van der Waals surface area contributed by atoms with Crippen molar-refractivity contribution in [2.45, 2.75) is 20.3 Å². The van der Waals surface area contributed by atoms with Crippen molar-refractivity contribution in [2.75, 3.05) is 7.05 Å². The zero-order valence-corrected chi connectivity index (χ0v) is 7.72. The minimum Gasteiger partial charge on any atom is -0.349 e. The number of rotatable bonds is 4. The molecular weight excluding hydrogens is 134 g/mol. The molecule has 0 heterocycles. The summed E-state index contributed by atoms with van der Waals surface area (Å²) < 4.78 is 0. The van der Waals surface area contributed by atoms with E-state index in [4.69, 9.17) is 0 Å². The molecule has 0 radical (unpaired) electrons. The van der Waals surface area contributed by atoms with Gasteiger partial charge in [-0.3, -0.25) is 0 Å². The summed E-state index contributed by atoms with van der Waals surface area (Å²) in [5.74, 6) is 0. The summed E-state index contributed by atoms with van der Waals surface area (Å²) in [7, 11) is 1.98. The Bertz CT molecular complexity index is 177. The Kier molecular flexibility index (Phi) is 4.35. The van der Waals surface area contributed by atoms with Gasteiger partial charge in [-0.25, -0.2) is 0 Å². The Labute approximate surface area is 69.7 Å². The largest absolute Gasteiger partial charge is 0.349 e. The van der Waals surface area contributed by atoms with Crippen molar-refractivity contribution in [3.63, 3.8) is 0 Å². The molecule has 0 aromatic heterocycles. The summed E-state index contributed by atoms with van der Waals surface area (Å²) >= 11 is 0. The van der Waals surface area contributed by atoms with Gasteiger partial charge < -0.3 is 4.90 Å². The lowest BCUT2D eigenvalue weighted by Gasteiger charge is -2.20. The van der Waals surface area contributed by atoms with Crippen LogP contribution in [0.15, 0.2) is 36.7 Å². The first-order valence-corrected chi connectivity index (χ1v) is 3.86. The van der Waals surface area contributed by atoms with Crippen LogP contribution in [0, 0.1) is 0 Å². The zero-order valence-electron chi connectivity index (χ0n) is 7.72. The molecule has 0 N–H and O–H groups in total. The van der Waals surface area contributed by atoms with Gasteiger partial charge in [0, 0.05) is 18.4 Å². The molecule has 0 aromatic rings. The minimum atomic E-state index is 0.965. The smallest absolute Gasteiger partial charge is 0.0329 e. The van der Waals surface area contributed by atoms with Crippen LogP contribution < -0.4 is 0 Å². The van der Waals surface area contributed by atoms with Crippen molar-refractivity contribution in [1.82, 2.24) is 4.90 Å². The second-order valence-corrected chi connectivity index (χ2v) is 2.47. The summed E-state index contributed by atoms with van der Waals surface area (Å²) in [4.78, 5) is 2.00. The molecule has 0 spiro atoms. The van der Waals surface area contributed by atoms with E-state index in [1.165, 1.54) is 0 Å². The average molecular weight is 151 g/mol. The first-order chi connectivity index (χ1) is 5.13. The fraction of sp³-hybridized carbons (Fsp3) is 0.400. The minimum absolute atomic E-state index is 0.965. The van der Waals surface area contributed by atoms with Gasteiger partial charge in [0.1, 0.15) is 0 Å². The van der Waals surface area contributed by atoms with Gasteiger partial charge in [-0.1, -0.05) is 26.2 Å². The molecule has 0 aliphatic carbocycles. The van der Waals surface area contributed by atoms with E-state index in [9.17, 15) is 0 Å². The number of hydrogen-bond acceptors (Lipinski definition) is 1. The molecule has 62 valence electrons. The third kappa shape index (κ3) is 3.08. The van der Waals surface area contributed by atoms with Gasteiger partial charge in [-0.2, -0.15) is 0 Å². The molecule has 0 saturated heterocycles. The molecule has 0 bridgehead atoms. The van der Waals surface area contributed by atoms with Crippen LogP contribution in [0.2, 0.25) is 0 Å². The number of nitrogens with zero attached hydrogens (tertiary/aromatic N) is 1. The molecule has 1 nitrogen and oxygen atoms in total. The van der Waals surface area contributed by atoms with Crippen molar-refractivity contribution < 1.29 is 0 Å². The first kappa shape index (κ1) is 10.0. The summed E-state index contributed by atoms with van der Waals surface area (Å²) in [6.07, 6.45) is 4.91. The Balaban J connectivity index is 4.13. The Morgan fingerprint density at radius 2 is 2.00 bits per heavy atom. The maximum atomic E-state index is 3.91. The van der Waals surface area contributed by atoms with Gasteiger partial charge in [-0.15, -0.1) is 0 Å². The van der Waals surface area contributed by atoms with Gasteiger partial charge in [0.05, 0.1) is 0 Å². The van der Waals surface area contributed by atoms with E-state index in [1.807, 2.05) is 31.0 Å². The first-order valence-electron chi connectivity index (χ1n) is 3.86. The summed E-state index contributed by atoms with van der Waals surface area (Å²) in [6.45, 7) is 11.9. The average Bonchev–Trinajstić information content (AvgIpc) is 2.02. The van der Waals surface area contributed by atoms with Crippen molar-refractivity contribution in [2.24, 2.45) is 0 Å². The highest BCUT2D eigenvalue weighted by molar-refractivity contribution is 5.17. The van der Waals surface area contributed by atoms with E-state index in [1.54, 1.807) is 0 Å². The fourth-order valence-corrected chi connectivity index (χ4v) is 0.744. The zero-order chi connectivity index (χ0) is 8.85. The molecule has 0 aromatic carbocycles. The molecular formula is C10H17N. The number of likely N-dealkylation sites (N-methyl/N-ethyl adjacent to an activating group) is 1. The lowest BCUT2D eigenvalue weighted by Crippen LogP contribution is -2.13. The predicted molar refractivity (Wildman–Crippen MR) is 51.1 cm³/mol. The highest BCUT2D eigenvalue weighted by atomic mass is 15.1. The molecule has 0 aliphatic rings. The lowest BCUT2D eigenvalue weighted by molar-refractivity contribution is 0.521. The van der Waals surface area contributed by atoms with E-state index in [0.29, 0.717) is 0 Å². The molecule has 11 heavy (non-hydrogen) atoms. The maximum Gasteiger partial charge on any atom is 0.0329 e. The second kappa shape index (κ2) is 4.78. The molecule has 0 fully saturated rings. The third-order valence-electron chi connectivity index (χ3n) is 1.67. The van der Waals surface area contributed by atoms with E-state index in [-0.39, 0.29) is 0 Å². The highest BCUT2D eigenvalue weighted by Gasteiger charge is 1.99. The van der Waals surface area contributed by atoms with Crippen LogP contribution in [0.5, 0.6) is 0 Å². The van der Waals surface area contributed by atoms with Crippen LogP contribution in [-0.2, 0) is 0 Å². The van der Waals surface area contributed by atoms with Gasteiger partial charge in [0.15, 0.2) is 0 Å². The Morgan fingerprint density at radius 3 is 2.36 bits per heavy atom. The SMILES string of the molecule is C=C(/C=C\C)N(C)C(=C)CC. The molecule has 0 atom stereocenters. The van der Waals surface area contributed by atoms with Gasteiger partial charge in [0.25, 0.3) is 0 Å². The van der Waals surface area contributed by atoms with E-state index < -0.39 is 0 Å². The number of allylic oxidation sites excluding steroid dienone is 3. The predicted octanol–water partition coefficient (Wildman–Crippen LogP) is 2.93. The van der Waals surface area contributed by atoms with Crippen molar-refractivity contribution in [3.8, 4) is 0 Å². The quantitative estimate of drug-likeness (QED) is 0.558. The van der Waals surface area contributed by atoms with E-state index in [0.717, 1.165) is 17.8 Å². The van der Waals surface area contributed by atoms with Crippen LogP contribution in [0.25, 0.3) is 0 Å². The van der Waals surface area contributed by atoms with Crippen LogP contribution in [-0.4, -0.2) is 11.9 Å². The molecule has 0 rings (SSSR count). The second-order valence-electron chi connectivity index (χ2n) is 2.47. The Morgan fingerprint density at radius 1 is 1.45 bits per heavy atom. The summed E-state index contributed by atoms with van der Waals surface area (Å²) in [5, 5.41) is 0. The third-order valence-corrected chi connectivity index (χ3v) is 1.67. The maximum absolute atomic E-state index is 3.91. The van der Waals surface area contributed by atoms with Gasteiger partial charge in [-0.05, 0) is 19.4 Å². The van der Waals surface area contributed by atoms with Crippen LogP contribution in [0.1, 0.15) is 20.3 Å². The topological polar surface area (TPSA) is 3.24 Å². The van der Waals surface area contributed by atoms with Crippen LogP contribution >= 0.6 is 0 Å². The molecule has 0 unspecified atom stereocenters. The fourth-order valence-electron chi connectivity index (χ4n) is 0.744. The van der Waals surface area contributed by atoms with Crippen LogP contribution in [0.4, 0.5) is 0 Å². The van der Waals surface area contributed by atoms with Gasteiger partial charge in [0.2, 0.25) is 0 Å². The summed E-state index contributed by atoms with van der Waals surface area (Å²) in [6, 6.07) is 0. The highest BCUT2D eigenvalue weighted by Crippen LogP contribution is 2.10. The van der Waals surface area contributed by atoms with Crippen molar-refractivity contribution in [1.29, 1.82) is 0 Å². The Hall–Kier alpha value is -0.980. The number of hydrogen-bond donors (Lipinski definition) is 0. The summed E-state index contributed by atoms with van der Waals surface area (Å²) in [5.41, 5.74) is 2.08. The molecule has 0 amide bonds. The molecule has 1 heteroatoms. The van der Waals surface area contributed by atoms with E-state index in [2.05, 4.69) is 20.1 Å². The van der Waals surface area contributed by atoms with Crippen molar-refractivity contribution >= 4 is 0 Å². The normalized spacial score (nSPS) is 10.1. The monoisotopic (exact) mass is 151 g/mol. The van der Waals surface area contributed by atoms with E-state index >= 15 is 0 Å². The molecule has 0 aliphatic heterocycles. The standard InChI is InChI=1S/C10H17N/c1-6-8-10(4)11(5)9(3)7-2/h6,8H,3-4,7H2,1-2,5H3/b8-6-. The van der Waals surface area contributed by atoms with Crippen molar-refractivity contribution in [3.05, 3.63) is 36.7 Å². The molecule has 0 saturated carbocycles. The lowest BCUT2D eigenvalue weighted by atomic mass is 10.3. The van der Waals surface area contributed by atoms with Gasteiger partial charge >= 0.3 is 0 Å². The van der Waals surface area contributed by atoms with Crippen LogP contribution in [0.3, 0.4) is 0 Å².